The maximum atomic E-state index is 16.0. The predicted octanol–water partition coefficient (Wildman–Crippen LogP) is 4.40. The molecule has 0 amide bonds. The fourth-order valence-corrected chi connectivity index (χ4v) is 5.94. The van der Waals surface area contributed by atoms with Crippen LogP contribution in [0.2, 0.25) is 0 Å². The Morgan fingerprint density at radius 2 is 1.73 bits per heavy atom. The van der Waals surface area contributed by atoms with Gasteiger partial charge in [0.05, 0.1) is 31.6 Å². The normalized spacial score (nSPS) is 13.7. The maximum Gasteiger partial charge on any atom is 0.264 e. The van der Waals surface area contributed by atoms with Crippen LogP contribution in [0.1, 0.15) is 0 Å². The second-order valence-electron chi connectivity index (χ2n) is 9.72. The highest BCUT2D eigenvalue weighted by atomic mass is 32.2. The SMILES string of the molecule is COc1cc(-c2cccc(NS(=O)(=O)c3ccc(F)cc3F)c2F)cc2c(N3CCOCC3)nc(-c3cnc(N)nc3)nc12. The van der Waals surface area contributed by atoms with Gasteiger partial charge < -0.3 is 20.1 Å². The van der Waals surface area contributed by atoms with Crippen molar-refractivity contribution in [3.8, 4) is 28.3 Å². The number of ether oxygens (including phenoxy) is 2. The first-order valence-electron chi connectivity index (χ1n) is 13.2. The smallest absolute Gasteiger partial charge is 0.264 e. The first-order valence-corrected chi connectivity index (χ1v) is 14.7. The number of fused-ring (bicyclic) bond motifs is 1. The number of aromatic nitrogens is 4. The van der Waals surface area contributed by atoms with Crippen LogP contribution in [-0.4, -0.2) is 61.8 Å². The fourth-order valence-electron chi connectivity index (χ4n) is 4.82. The van der Waals surface area contributed by atoms with E-state index < -0.39 is 38.1 Å². The van der Waals surface area contributed by atoms with Gasteiger partial charge in [0.2, 0.25) is 5.95 Å². The number of hydrogen-bond donors (Lipinski definition) is 2. The molecule has 226 valence electrons. The molecule has 6 rings (SSSR count). The number of nitrogen functional groups attached to an aromatic ring is 1. The number of sulfonamides is 1. The van der Waals surface area contributed by atoms with Crippen molar-refractivity contribution in [2.24, 2.45) is 0 Å². The third kappa shape index (κ3) is 5.54. The van der Waals surface area contributed by atoms with Crippen molar-refractivity contribution in [2.45, 2.75) is 4.90 Å². The average molecular weight is 624 g/mol. The van der Waals surface area contributed by atoms with E-state index in [2.05, 4.69) is 14.7 Å². The number of halogens is 3. The molecule has 0 radical (unpaired) electrons. The largest absolute Gasteiger partial charge is 0.494 e. The van der Waals surface area contributed by atoms with Crippen LogP contribution < -0.4 is 20.1 Å². The lowest BCUT2D eigenvalue weighted by atomic mass is 10.0. The molecule has 2 aromatic heterocycles. The van der Waals surface area contributed by atoms with Gasteiger partial charge in [-0.3, -0.25) is 4.72 Å². The lowest BCUT2D eigenvalue weighted by molar-refractivity contribution is 0.122. The van der Waals surface area contributed by atoms with Crippen molar-refractivity contribution >= 4 is 38.4 Å². The first-order chi connectivity index (χ1) is 21.1. The van der Waals surface area contributed by atoms with Gasteiger partial charge in [0, 0.05) is 42.5 Å². The van der Waals surface area contributed by atoms with Crippen LogP contribution in [0.25, 0.3) is 33.4 Å². The molecule has 0 aliphatic carbocycles. The molecule has 1 saturated heterocycles. The van der Waals surface area contributed by atoms with Gasteiger partial charge in [-0.15, -0.1) is 0 Å². The highest BCUT2D eigenvalue weighted by Crippen LogP contribution is 2.39. The molecule has 0 saturated carbocycles. The molecule has 11 nitrogen and oxygen atoms in total. The molecule has 1 aliphatic rings. The Balaban J connectivity index is 1.48. The zero-order valence-corrected chi connectivity index (χ0v) is 23.9. The van der Waals surface area contributed by atoms with Crippen molar-refractivity contribution in [3.05, 3.63) is 78.4 Å². The first kappa shape index (κ1) is 29.1. The summed E-state index contributed by atoms with van der Waals surface area (Å²) in [6.07, 6.45) is 3.01. The summed E-state index contributed by atoms with van der Waals surface area (Å²) in [5.74, 6) is -1.94. The van der Waals surface area contributed by atoms with Crippen molar-refractivity contribution in [2.75, 3.05) is 48.8 Å². The molecule has 3 aromatic carbocycles. The molecule has 0 atom stereocenters. The van der Waals surface area contributed by atoms with Crippen molar-refractivity contribution in [1.82, 2.24) is 19.9 Å². The van der Waals surface area contributed by atoms with Crippen LogP contribution in [0.4, 0.5) is 30.6 Å². The Morgan fingerprint density at radius 1 is 0.977 bits per heavy atom. The molecule has 3 heterocycles. The van der Waals surface area contributed by atoms with Gasteiger partial charge in [-0.1, -0.05) is 12.1 Å². The maximum absolute atomic E-state index is 16.0. The topological polar surface area (TPSA) is 145 Å². The summed E-state index contributed by atoms with van der Waals surface area (Å²) in [7, 11) is -3.15. The average Bonchev–Trinajstić information content (AvgIpc) is 3.01. The molecule has 15 heteroatoms. The summed E-state index contributed by atoms with van der Waals surface area (Å²) in [5.41, 5.74) is 6.53. The van der Waals surface area contributed by atoms with Crippen LogP contribution in [0.15, 0.2) is 65.8 Å². The molecular formula is C29H24F3N7O4S. The van der Waals surface area contributed by atoms with E-state index >= 15 is 4.39 Å². The van der Waals surface area contributed by atoms with Gasteiger partial charge >= 0.3 is 0 Å². The van der Waals surface area contributed by atoms with Crippen LogP contribution in [0.5, 0.6) is 5.75 Å². The van der Waals surface area contributed by atoms with Crippen LogP contribution in [0.3, 0.4) is 0 Å². The Labute approximate surface area is 249 Å². The number of methoxy groups -OCH3 is 1. The summed E-state index contributed by atoms with van der Waals surface area (Å²) < 4.78 is 82.6. The van der Waals surface area contributed by atoms with Gasteiger partial charge in [-0.2, -0.15) is 0 Å². The number of rotatable bonds is 7. The van der Waals surface area contributed by atoms with E-state index in [0.717, 1.165) is 12.1 Å². The minimum absolute atomic E-state index is 0.0221. The molecule has 0 spiro atoms. The number of morpholine rings is 1. The summed E-state index contributed by atoms with van der Waals surface area (Å²) in [6, 6.07) is 9.34. The zero-order valence-electron chi connectivity index (χ0n) is 23.1. The highest BCUT2D eigenvalue weighted by molar-refractivity contribution is 7.92. The van der Waals surface area contributed by atoms with Crippen molar-refractivity contribution in [3.63, 3.8) is 0 Å². The standard InChI is InChI=1S/C29H24F3N7O4S/c1-42-23-12-16(19-3-2-4-22(25(19)32)38-44(40,41)24-6-5-18(30)13-21(24)31)11-20-26(23)36-27(17-14-34-29(33)35-15-17)37-28(20)39-7-9-43-10-8-39/h2-6,11-15,38H,7-10H2,1H3,(H2,33,34,35). The Morgan fingerprint density at radius 3 is 2.43 bits per heavy atom. The van der Waals surface area contributed by atoms with E-state index in [1.54, 1.807) is 12.1 Å². The third-order valence-corrected chi connectivity index (χ3v) is 8.34. The molecule has 3 N–H and O–H groups in total. The third-order valence-electron chi connectivity index (χ3n) is 6.94. The molecule has 1 aliphatic heterocycles. The number of nitrogens with two attached hydrogens (primary N) is 1. The molecule has 5 aromatic rings. The van der Waals surface area contributed by atoms with Gasteiger partial charge in [0.15, 0.2) is 11.6 Å². The van der Waals surface area contributed by atoms with Gasteiger partial charge in [-0.05, 0) is 35.9 Å². The minimum Gasteiger partial charge on any atom is -0.494 e. The number of nitrogens with zero attached hydrogens (tertiary/aromatic N) is 5. The van der Waals surface area contributed by atoms with Gasteiger partial charge in [0.25, 0.3) is 10.0 Å². The van der Waals surface area contributed by atoms with Crippen molar-refractivity contribution in [1.29, 1.82) is 0 Å². The summed E-state index contributed by atoms with van der Waals surface area (Å²) in [6.45, 7) is 1.99. The molecule has 44 heavy (non-hydrogen) atoms. The number of benzene rings is 3. The van der Waals surface area contributed by atoms with E-state index in [1.165, 1.54) is 37.7 Å². The summed E-state index contributed by atoms with van der Waals surface area (Å²) >= 11 is 0. The van der Waals surface area contributed by atoms with E-state index in [0.29, 0.717) is 71.8 Å². The number of hydrogen-bond acceptors (Lipinski definition) is 10. The van der Waals surface area contributed by atoms with Crippen molar-refractivity contribution < 1.29 is 31.1 Å². The fraction of sp³-hybridized carbons (Fsp3) is 0.172. The van der Waals surface area contributed by atoms with Gasteiger partial charge in [0.1, 0.15) is 33.6 Å². The minimum atomic E-state index is -4.60. The van der Waals surface area contributed by atoms with E-state index in [4.69, 9.17) is 25.2 Å². The quantitative estimate of drug-likeness (QED) is 0.268. The second kappa shape index (κ2) is 11.6. The second-order valence-corrected chi connectivity index (χ2v) is 11.4. The predicted molar refractivity (Wildman–Crippen MR) is 157 cm³/mol. The molecule has 0 bridgehead atoms. The lowest BCUT2D eigenvalue weighted by Gasteiger charge is -2.29. The van der Waals surface area contributed by atoms with Gasteiger partial charge in [-0.25, -0.2) is 41.5 Å². The monoisotopic (exact) mass is 623 g/mol. The number of anilines is 3. The molecule has 0 unspecified atom stereocenters. The Hall–Kier alpha value is -5.02. The molecule has 1 fully saturated rings. The highest BCUT2D eigenvalue weighted by Gasteiger charge is 2.25. The van der Waals surface area contributed by atoms with Crippen LogP contribution >= 0.6 is 0 Å². The lowest BCUT2D eigenvalue weighted by Crippen LogP contribution is -2.37. The Bertz CT molecular complexity index is 1990. The summed E-state index contributed by atoms with van der Waals surface area (Å²) in [5, 5.41) is 0.542. The molecular weight excluding hydrogens is 599 g/mol. The number of nitrogens with one attached hydrogen (secondary N) is 1. The van der Waals surface area contributed by atoms with Crippen LogP contribution in [-0.2, 0) is 14.8 Å². The van der Waals surface area contributed by atoms with Crippen LogP contribution in [0, 0.1) is 17.5 Å². The summed E-state index contributed by atoms with van der Waals surface area (Å²) in [4.78, 5) is 18.8. The Kier molecular flexibility index (Phi) is 7.65. The zero-order chi connectivity index (χ0) is 31.0. The van der Waals surface area contributed by atoms with E-state index in [1.807, 2.05) is 4.90 Å². The van der Waals surface area contributed by atoms with E-state index in [9.17, 15) is 17.2 Å². The van der Waals surface area contributed by atoms with E-state index in [-0.39, 0.29) is 11.5 Å².